The minimum absolute atomic E-state index is 0. The summed E-state index contributed by atoms with van der Waals surface area (Å²) in [6.45, 7) is 2.05. The molecule has 70 valence electrons. The second-order valence-corrected chi connectivity index (χ2v) is 2.32. The number of hydrogen-bond donors (Lipinski definition) is 2. The second-order valence-electron chi connectivity index (χ2n) is 2.32. The zero-order valence-corrected chi connectivity index (χ0v) is 8.76. The van der Waals surface area contributed by atoms with Crippen LogP contribution in [0.1, 0.15) is 5.56 Å². The molecule has 0 aliphatic carbocycles. The summed E-state index contributed by atoms with van der Waals surface area (Å²) in [7, 11) is 1.89. The molecule has 0 aliphatic rings. The van der Waals surface area contributed by atoms with Crippen molar-refractivity contribution in [3.8, 4) is 0 Å². The Balaban J connectivity index is 0. The maximum atomic E-state index is 5.56. The van der Waals surface area contributed by atoms with Crippen LogP contribution >= 0.6 is 24.8 Å². The van der Waals surface area contributed by atoms with Gasteiger partial charge in [-0.05, 0) is 24.6 Å². The maximum Gasteiger partial charge on any atom is 0.0387 e. The number of halogens is 2. The van der Waals surface area contributed by atoms with Gasteiger partial charge >= 0.3 is 0 Å². The van der Waals surface area contributed by atoms with Gasteiger partial charge in [0.1, 0.15) is 0 Å². The number of hydrogen-bond acceptors (Lipinski definition) is 2. The molecular weight excluding hydrogens is 195 g/mol. The van der Waals surface area contributed by atoms with Crippen LogP contribution in [0.15, 0.2) is 18.2 Å². The number of anilines is 2. The van der Waals surface area contributed by atoms with Gasteiger partial charge < -0.3 is 11.1 Å². The second kappa shape index (κ2) is 5.98. The summed E-state index contributed by atoms with van der Waals surface area (Å²) in [5.41, 5.74) is 8.68. The van der Waals surface area contributed by atoms with E-state index < -0.39 is 0 Å². The van der Waals surface area contributed by atoms with Crippen LogP contribution in [0.4, 0.5) is 11.4 Å². The lowest BCUT2D eigenvalue weighted by molar-refractivity contribution is 1.41. The Morgan fingerprint density at radius 1 is 1.25 bits per heavy atom. The van der Waals surface area contributed by atoms with Crippen LogP contribution in [0.2, 0.25) is 0 Å². The van der Waals surface area contributed by atoms with Crippen molar-refractivity contribution in [2.75, 3.05) is 18.1 Å². The van der Waals surface area contributed by atoms with Crippen LogP contribution in [-0.2, 0) is 0 Å². The molecule has 0 radical (unpaired) electrons. The molecule has 1 rings (SSSR count). The molecule has 0 aromatic heterocycles. The molecule has 3 N–H and O–H groups in total. The molecule has 0 unspecified atom stereocenters. The van der Waals surface area contributed by atoms with Crippen LogP contribution in [0.3, 0.4) is 0 Å². The molecule has 2 nitrogen and oxygen atoms in total. The molecule has 1 aromatic carbocycles. The topological polar surface area (TPSA) is 38.0 Å². The first-order chi connectivity index (χ1) is 4.74. The zero-order chi connectivity index (χ0) is 7.56. The molecule has 0 spiro atoms. The van der Waals surface area contributed by atoms with Crippen molar-refractivity contribution in [2.24, 2.45) is 0 Å². The van der Waals surface area contributed by atoms with Gasteiger partial charge in [-0.2, -0.15) is 0 Å². The first-order valence-corrected chi connectivity index (χ1v) is 3.28. The third-order valence-corrected chi connectivity index (χ3v) is 1.53. The number of nitrogens with one attached hydrogen (secondary N) is 1. The van der Waals surface area contributed by atoms with Crippen molar-refractivity contribution in [1.82, 2.24) is 0 Å². The number of benzene rings is 1. The summed E-state index contributed by atoms with van der Waals surface area (Å²) in [6, 6.07) is 5.83. The average Bonchev–Trinajstić information content (AvgIpc) is 1.94. The number of nitrogens with two attached hydrogens (primary N) is 1. The van der Waals surface area contributed by atoms with Crippen LogP contribution in [0.5, 0.6) is 0 Å². The van der Waals surface area contributed by atoms with Crippen molar-refractivity contribution in [2.45, 2.75) is 6.92 Å². The maximum absolute atomic E-state index is 5.56. The largest absolute Gasteiger partial charge is 0.399 e. The van der Waals surface area contributed by atoms with Crippen LogP contribution in [-0.4, -0.2) is 7.05 Å². The van der Waals surface area contributed by atoms with Crippen LogP contribution in [0, 0.1) is 6.92 Å². The monoisotopic (exact) mass is 208 g/mol. The predicted molar refractivity (Wildman–Crippen MR) is 59.6 cm³/mol. The highest BCUT2D eigenvalue weighted by Gasteiger charge is 1.93. The molecule has 4 heteroatoms. The number of aryl methyl sites for hydroxylation is 1. The van der Waals surface area contributed by atoms with Crippen molar-refractivity contribution in [1.29, 1.82) is 0 Å². The Morgan fingerprint density at radius 2 is 1.83 bits per heavy atom. The van der Waals surface area contributed by atoms with E-state index in [4.69, 9.17) is 5.73 Å². The van der Waals surface area contributed by atoms with E-state index in [2.05, 4.69) is 5.32 Å². The Morgan fingerprint density at radius 3 is 2.25 bits per heavy atom. The smallest absolute Gasteiger partial charge is 0.0387 e. The Labute approximate surface area is 85.4 Å². The number of rotatable bonds is 1. The molecule has 0 atom stereocenters. The van der Waals surface area contributed by atoms with Gasteiger partial charge in [-0.25, -0.2) is 0 Å². The molecule has 0 aliphatic heterocycles. The summed E-state index contributed by atoms with van der Waals surface area (Å²) in [5, 5.41) is 3.06. The summed E-state index contributed by atoms with van der Waals surface area (Å²) in [5.74, 6) is 0. The summed E-state index contributed by atoms with van der Waals surface area (Å²) >= 11 is 0. The van der Waals surface area contributed by atoms with Gasteiger partial charge in [0.05, 0.1) is 0 Å². The predicted octanol–water partition coefficient (Wildman–Crippen LogP) is 2.46. The van der Waals surface area contributed by atoms with Gasteiger partial charge in [0, 0.05) is 18.4 Å². The fourth-order valence-electron chi connectivity index (χ4n) is 0.909. The fraction of sp³-hybridized carbons (Fsp3) is 0.250. The summed E-state index contributed by atoms with van der Waals surface area (Å²) < 4.78 is 0. The standard InChI is InChI=1S/C8H12N2.2ClH/c1-6-3-4-7(9)5-8(6)10-2;;/h3-5,10H,9H2,1-2H3;2*1H. The van der Waals surface area contributed by atoms with Gasteiger partial charge in [0.15, 0.2) is 0 Å². The Bertz CT molecular complexity index is 238. The lowest BCUT2D eigenvalue weighted by Gasteiger charge is -2.04. The first kappa shape index (κ1) is 14.0. The minimum Gasteiger partial charge on any atom is -0.399 e. The quantitative estimate of drug-likeness (QED) is 0.697. The Hall–Kier alpha value is -0.600. The van der Waals surface area contributed by atoms with E-state index in [-0.39, 0.29) is 24.8 Å². The van der Waals surface area contributed by atoms with Crippen molar-refractivity contribution >= 4 is 36.2 Å². The molecule has 12 heavy (non-hydrogen) atoms. The Kier molecular flexibility index (Phi) is 6.95. The van der Waals surface area contributed by atoms with E-state index in [1.54, 1.807) is 0 Å². The highest BCUT2D eigenvalue weighted by Crippen LogP contribution is 2.16. The van der Waals surface area contributed by atoms with E-state index in [0.717, 1.165) is 11.4 Å². The highest BCUT2D eigenvalue weighted by molar-refractivity contribution is 5.85. The van der Waals surface area contributed by atoms with Gasteiger partial charge in [0.2, 0.25) is 0 Å². The fourth-order valence-corrected chi connectivity index (χ4v) is 0.909. The molecule has 0 bridgehead atoms. The number of nitrogen functional groups attached to an aromatic ring is 1. The van der Waals surface area contributed by atoms with E-state index in [1.807, 2.05) is 32.2 Å². The van der Waals surface area contributed by atoms with Gasteiger partial charge in [0.25, 0.3) is 0 Å². The van der Waals surface area contributed by atoms with Gasteiger partial charge in [-0.1, -0.05) is 6.07 Å². The molecule has 0 heterocycles. The van der Waals surface area contributed by atoms with Crippen molar-refractivity contribution in [3.05, 3.63) is 23.8 Å². The normalized spacial score (nSPS) is 7.83. The molecule has 0 saturated heterocycles. The average molecular weight is 209 g/mol. The molecule has 1 aromatic rings. The molecular formula is C8H14Cl2N2. The van der Waals surface area contributed by atoms with E-state index in [9.17, 15) is 0 Å². The third kappa shape index (κ3) is 3.20. The van der Waals surface area contributed by atoms with E-state index in [0.29, 0.717) is 0 Å². The van der Waals surface area contributed by atoms with E-state index in [1.165, 1.54) is 5.56 Å². The van der Waals surface area contributed by atoms with Crippen LogP contribution in [0.25, 0.3) is 0 Å². The first-order valence-electron chi connectivity index (χ1n) is 3.28. The molecule has 0 amide bonds. The zero-order valence-electron chi connectivity index (χ0n) is 7.13. The van der Waals surface area contributed by atoms with Gasteiger partial charge in [-0.15, -0.1) is 24.8 Å². The summed E-state index contributed by atoms with van der Waals surface area (Å²) in [6.07, 6.45) is 0. The minimum atomic E-state index is 0. The highest BCUT2D eigenvalue weighted by atomic mass is 35.5. The van der Waals surface area contributed by atoms with Crippen molar-refractivity contribution in [3.63, 3.8) is 0 Å². The molecule has 0 fully saturated rings. The lowest BCUT2D eigenvalue weighted by Crippen LogP contribution is -1.93. The lowest BCUT2D eigenvalue weighted by atomic mass is 10.2. The SMILES string of the molecule is CNc1cc(N)ccc1C.Cl.Cl. The summed E-state index contributed by atoms with van der Waals surface area (Å²) in [4.78, 5) is 0. The molecule has 0 saturated carbocycles. The van der Waals surface area contributed by atoms with Crippen molar-refractivity contribution < 1.29 is 0 Å². The van der Waals surface area contributed by atoms with Crippen LogP contribution < -0.4 is 11.1 Å². The third-order valence-electron chi connectivity index (χ3n) is 1.53. The van der Waals surface area contributed by atoms with E-state index >= 15 is 0 Å². The van der Waals surface area contributed by atoms with Gasteiger partial charge in [-0.3, -0.25) is 0 Å².